The summed E-state index contributed by atoms with van der Waals surface area (Å²) in [4.78, 5) is 8.79. The molecule has 0 radical (unpaired) electrons. The quantitative estimate of drug-likeness (QED) is 0.713. The van der Waals surface area contributed by atoms with Gasteiger partial charge in [-0.1, -0.05) is 6.07 Å². The maximum absolute atomic E-state index is 4.53. The second-order valence-corrected chi connectivity index (χ2v) is 5.03. The van der Waals surface area contributed by atoms with Crippen molar-refractivity contribution in [3.8, 4) is 0 Å². The van der Waals surface area contributed by atoms with Crippen molar-refractivity contribution in [3.63, 3.8) is 0 Å². The number of hydrogen-bond donors (Lipinski definition) is 1. The van der Waals surface area contributed by atoms with Gasteiger partial charge in [0.25, 0.3) is 0 Å². The van der Waals surface area contributed by atoms with Gasteiger partial charge in [0.05, 0.1) is 10.7 Å². The number of fused-ring (bicyclic) bond motifs is 1. The summed E-state index contributed by atoms with van der Waals surface area (Å²) in [6.45, 7) is 1.73. The van der Waals surface area contributed by atoms with Crippen LogP contribution >= 0.6 is 11.3 Å². The molecule has 0 amide bonds. The van der Waals surface area contributed by atoms with E-state index < -0.39 is 0 Å². The fourth-order valence-corrected chi connectivity index (χ4v) is 2.48. The Balaban J connectivity index is 1.53. The molecule has 0 aliphatic carbocycles. The van der Waals surface area contributed by atoms with Gasteiger partial charge >= 0.3 is 0 Å². The van der Waals surface area contributed by atoms with Crippen LogP contribution in [0.3, 0.4) is 0 Å². The van der Waals surface area contributed by atoms with Gasteiger partial charge in [-0.15, -0.1) is 11.3 Å². The van der Waals surface area contributed by atoms with Gasteiger partial charge in [0, 0.05) is 43.5 Å². The Morgan fingerprint density at radius 1 is 1.33 bits per heavy atom. The SMILES string of the molecule is c1ccn2cc(CNCCc3nccs3)nc2c1. The molecule has 0 atom stereocenters. The van der Waals surface area contributed by atoms with E-state index in [1.165, 1.54) is 5.01 Å². The molecule has 4 nitrogen and oxygen atoms in total. The largest absolute Gasteiger partial charge is 0.311 e. The van der Waals surface area contributed by atoms with Gasteiger partial charge < -0.3 is 9.72 Å². The highest BCUT2D eigenvalue weighted by Crippen LogP contribution is 2.05. The second kappa shape index (κ2) is 5.29. The standard InChI is InChI=1S/C13H14N4S/c1-2-7-17-10-11(16-12(17)3-1)9-14-5-4-13-15-6-8-18-13/h1-3,6-8,10,14H,4-5,9H2. The molecular weight excluding hydrogens is 244 g/mol. The number of hydrogen-bond acceptors (Lipinski definition) is 4. The number of rotatable bonds is 5. The van der Waals surface area contributed by atoms with Crippen molar-refractivity contribution in [2.75, 3.05) is 6.54 Å². The van der Waals surface area contributed by atoms with Crippen molar-refractivity contribution in [1.82, 2.24) is 19.7 Å². The average Bonchev–Trinajstić information content (AvgIpc) is 3.03. The fraction of sp³-hybridized carbons (Fsp3) is 0.231. The summed E-state index contributed by atoms with van der Waals surface area (Å²) in [5.41, 5.74) is 2.06. The number of nitrogens with zero attached hydrogens (tertiary/aromatic N) is 3. The molecule has 0 saturated carbocycles. The molecule has 0 unspecified atom stereocenters. The summed E-state index contributed by atoms with van der Waals surface area (Å²) < 4.78 is 2.04. The number of nitrogens with one attached hydrogen (secondary N) is 1. The van der Waals surface area contributed by atoms with Gasteiger partial charge in [0.2, 0.25) is 0 Å². The molecule has 18 heavy (non-hydrogen) atoms. The minimum atomic E-state index is 0.799. The van der Waals surface area contributed by atoms with Crippen LogP contribution in [0, 0.1) is 0 Å². The Labute approximate surface area is 109 Å². The van der Waals surface area contributed by atoms with E-state index in [1.54, 1.807) is 11.3 Å². The monoisotopic (exact) mass is 258 g/mol. The van der Waals surface area contributed by atoms with E-state index in [-0.39, 0.29) is 0 Å². The molecule has 0 fully saturated rings. The first-order valence-corrected chi connectivity index (χ1v) is 6.81. The average molecular weight is 258 g/mol. The van der Waals surface area contributed by atoms with Crippen LogP contribution in [0.15, 0.2) is 42.2 Å². The Hall–Kier alpha value is -1.72. The summed E-state index contributed by atoms with van der Waals surface area (Å²) in [7, 11) is 0. The van der Waals surface area contributed by atoms with Crippen molar-refractivity contribution in [2.24, 2.45) is 0 Å². The predicted molar refractivity (Wildman–Crippen MR) is 72.7 cm³/mol. The van der Waals surface area contributed by atoms with Gasteiger partial charge in [-0.3, -0.25) is 0 Å². The first-order valence-electron chi connectivity index (χ1n) is 5.93. The Morgan fingerprint density at radius 2 is 2.33 bits per heavy atom. The first-order chi connectivity index (χ1) is 8.92. The summed E-state index contributed by atoms with van der Waals surface area (Å²) in [6, 6.07) is 6.02. The number of imidazole rings is 1. The molecule has 3 heterocycles. The van der Waals surface area contributed by atoms with Gasteiger partial charge in [-0.05, 0) is 12.1 Å². The van der Waals surface area contributed by atoms with E-state index >= 15 is 0 Å². The molecule has 1 N–H and O–H groups in total. The van der Waals surface area contributed by atoms with Crippen LogP contribution in [-0.4, -0.2) is 20.9 Å². The number of aromatic nitrogens is 3. The van der Waals surface area contributed by atoms with Crippen LogP contribution in [0.4, 0.5) is 0 Å². The van der Waals surface area contributed by atoms with Crippen LogP contribution in [-0.2, 0) is 13.0 Å². The molecule has 0 bridgehead atoms. The lowest BCUT2D eigenvalue weighted by molar-refractivity contribution is 0.676. The molecule has 0 saturated heterocycles. The molecule has 3 rings (SSSR count). The molecule has 0 aromatic carbocycles. The molecule has 0 aliphatic rings. The molecule has 3 aromatic heterocycles. The van der Waals surface area contributed by atoms with E-state index in [1.807, 2.05) is 40.4 Å². The van der Waals surface area contributed by atoms with Crippen molar-refractivity contribution < 1.29 is 0 Å². The molecule has 3 aromatic rings. The maximum atomic E-state index is 4.53. The zero-order chi connectivity index (χ0) is 12.2. The normalized spacial score (nSPS) is 11.1. The van der Waals surface area contributed by atoms with E-state index in [2.05, 4.69) is 21.5 Å². The van der Waals surface area contributed by atoms with Crippen molar-refractivity contribution in [3.05, 3.63) is 52.9 Å². The van der Waals surface area contributed by atoms with Crippen molar-refractivity contribution in [1.29, 1.82) is 0 Å². The summed E-state index contributed by atoms with van der Waals surface area (Å²) in [5.74, 6) is 0. The summed E-state index contributed by atoms with van der Waals surface area (Å²) in [6.07, 6.45) is 6.90. The Kier molecular flexibility index (Phi) is 3.34. The van der Waals surface area contributed by atoms with Crippen LogP contribution in [0.5, 0.6) is 0 Å². The minimum absolute atomic E-state index is 0.799. The summed E-state index contributed by atoms with van der Waals surface area (Å²) >= 11 is 1.70. The minimum Gasteiger partial charge on any atom is -0.311 e. The lowest BCUT2D eigenvalue weighted by Gasteiger charge is -1.99. The second-order valence-electron chi connectivity index (χ2n) is 4.05. The third-order valence-electron chi connectivity index (χ3n) is 2.72. The first kappa shape index (κ1) is 11.4. The number of pyridine rings is 1. The van der Waals surface area contributed by atoms with E-state index in [0.717, 1.165) is 30.9 Å². The topological polar surface area (TPSA) is 42.2 Å². The van der Waals surface area contributed by atoms with Crippen LogP contribution < -0.4 is 5.32 Å². The van der Waals surface area contributed by atoms with Gasteiger partial charge in [-0.2, -0.15) is 0 Å². The smallest absolute Gasteiger partial charge is 0.137 e. The van der Waals surface area contributed by atoms with Crippen molar-refractivity contribution in [2.45, 2.75) is 13.0 Å². The van der Waals surface area contributed by atoms with Crippen molar-refractivity contribution >= 4 is 17.0 Å². The van der Waals surface area contributed by atoms with Crippen LogP contribution in [0.1, 0.15) is 10.7 Å². The molecule has 0 aliphatic heterocycles. The fourth-order valence-electron chi connectivity index (χ4n) is 1.86. The lowest BCUT2D eigenvalue weighted by Crippen LogP contribution is -2.16. The van der Waals surface area contributed by atoms with Gasteiger partial charge in [-0.25, -0.2) is 9.97 Å². The van der Waals surface area contributed by atoms with Gasteiger partial charge in [0.15, 0.2) is 0 Å². The van der Waals surface area contributed by atoms with Crippen LogP contribution in [0.2, 0.25) is 0 Å². The lowest BCUT2D eigenvalue weighted by atomic mass is 10.4. The zero-order valence-corrected chi connectivity index (χ0v) is 10.7. The molecule has 5 heteroatoms. The third-order valence-corrected chi connectivity index (χ3v) is 3.56. The zero-order valence-electron chi connectivity index (χ0n) is 9.91. The maximum Gasteiger partial charge on any atom is 0.137 e. The highest BCUT2D eigenvalue weighted by atomic mass is 32.1. The Morgan fingerprint density at radius 3 is 3.17 bits per heavy atom. The van der Waals surface area contributed by atoms with E-state index in [4.69, 9.17) is 0 Å². The molecule has 92 valence electrons. The van der Waals surface area contributed by atoms with Gasteiger partial charge in [0.1, 0.15) is 5.65 Å². The molecular formula is C13H14N4S. The number of thiazole rings is 1. The Bertz CT molecular complexity index is 582. The highest BCUT2D eigenvalue weighted by Gasteiger charge is 2.00. The van der Waals surface area contributed by atoms with E-state index in [0.29, 0.717) is 0 Å². The third kappa shape index (κ3) is 2.57. The predicted octanol–water partition coefficient (Wildman–Crippen LogP) is 2.12. The highest BCUT2D eigenvalue weighted by molar-refractivity contribution is 7.09. The van der Waals surface area contributed by atoms with E-state index in [9.17, 15) is 0 Å². The summed E-state index contributed by atoms with van der Waals surface area (Å²) in [5, 5.41) is 6.58. The molecule has 0 spiro atoms. The van der Waals surface area contributed by atoms with Crippen LogP contribution in [0.25, 0.3) is 5.65 Å².